The minimum absolute atomic E-state index is 0.186. The number of carbonyl (C=O) groups is 1. The highest BCUT2D eigenvalue weighted by Crippen LogP contribution is 2.38. The maximum atomic E-state index is 10.8. The van der Waals surface area contributed by atoms with Crippen molar-refractivity contribution in [2.45, 2.75) is 25.9 Å². The van der Waals surface area contributed by atoms with Gasteiger partial charge in [-0.05, 0) is 26.0 Å². The van der Waals surface area contributed by atoms with Crippen molar-refractivity contribution in [1.29, 1.82) is 0 Å². The number of hydrogen-bond donors (Lipinski definition) is 0. The topological polar surface area (TPSA) is 35.5 Å². The van der Waals surface area contributed by atoms with Gasteiger partial charge in [0.15, 0.2) is 6.29 Å². The Morgan fingerprint density at radius 2 is 2.20 bits per heavy atom. The van der Waals surface area contributed by atoms with Gasteiger partial charge in [-0.3, -0.25) is 4.79 Å². The normalized spacial score (nSPS) is 16.7. The zero-order chi connectivity index (χ0) is 11.1. The van der Waals surface area contributed by atoms with E-state index >= 15 is 0 Å². The molecule has 0 radical (unpaired) electrons. The monoisotopic (exact) mass is 206 g/mol. The molecule has 0 saturated carbocycles. The summed E-state index contributed by atoms with van der Waals surface area (Å²) in [6.45, 7) is 4.06. The summed E-state index contributed by atoms with van der Waals surface area (Å²) in [6, 6.07) is 3.63. The summed E-state index contributed by atoms with van der Waals surface area (Å²) in [6.07, 6.45) is 1.63. The summed E-state index contributed by atoms with van der Waals surface area (Å²) in [5.74, 6) is 1.41. The van der Waals surface area contributed by atoms with Crippen LogP contribution in [0, 0.1) is 0 Å². The molecule has 0 saturated heterocycles. The fourth-order valence-electron chi connectivity index (χ4n) is 1.91. The van der Waals surface area contributed by atoms with Crippen molar-refractivity contribution in [2.75, 3.05) is 7.11 Å². The van der Waals surface area contributed by atoms with E-state index in [1.807, 2.05) is 19.9 Å². The van der Waals surface area contributed by atoms with E-state index in [1.165, 1.54) is 0 Å². The Kier molecular flexibility index (Phi) is 2.18. The molecule has 0 amide bonds. The van der Waals surface area contributed by atoms with E-state index in [9.17, 15) is 4.79 Å². The zero-order valence-corrected chi connectivity index (χ0v) is 9.16. The fourth-order valence-corrected chi connectivity index (χ4v) is 1.91. The minimum Gasteiger partial charge on any atom is -0.496 e. The van der Waals surface area contributed by atoms with Gasteiger partial charge < -0.3 is 9.47 Å². The Morgan fingerprint density at radius 1 is 1.47 bits per heavy atom. The van der Waals surface area contributed by atoms with E-state index in [2.05, 4.69) is 0 Å². The first-order chi connectivity index (χ1) is 7.05. The fraction of sp³-hybridized carbons (Fsp3) is 0.417. The largest absolute Gasteiger partial charge is 0.496 e. The summed E-state index contributed by atoms with van der Waals surface area (Å²) in [5, 5.41) is 0. The van der Waals surface area contributed by atoms with Crippen LogP contribution in [0.15, 0.2) is 12.1 Å². The second kappa shape index (κ2) is 3.26. The lowest BCUT2D eigenvalue weighted by atomic mass is 10.0. The zero-order valence-electron chi connectivity index (χ0n) is 9.16. The molecule has 3 nitrogen and oxygen atoms in total. The second-order valence-corrected chi connectivity index (χ2v) is 4.36. The molecule has 0 aromatic heterocycles. The number of methoxy groups -OCH3 is 1. The van der Waals surface area contributed by atoms with E-state index in [-0.39, 0.29) is 5.60 Å². The number of hydrogen-bond acceptors (Lipinski definition) is 3. The molecule has 1 aliphatic rings. The molecule has 0 fully saturated rings. The Bertz CT molecular complexity index is 408. The first-order valence-corrected chi connectivity index (χ1v) is 4.91. The van der Waals surface area contributed by atoms with Crippen LogP contribution in [0.4, 0.5) is 0 Å². The molecule has 0 atom stereocenters. The van der Waals surface area contributed by atoms with Crippen molar-refractivity contribution >= 4 is 6.29 Å². The van der Waals surface area contributed by atoms with Crippen LogP contribution >= 0.6 is 0 Å². The van der Waals surface area contributed by atoms with Gasteiger partial charge in [-0.2, -0.15) is 0 Å². The lowest BCUT2D eigenvalue weighted by Crippen LogP contribution is -2.24. The van der Waals surface area contributed by atoms with Crippen LogP contribution < -0.4 is 9.47 Å². The number of aldehydes is 1. The molecule has 0 spiro atoms. The predicted molar refractivity (Wildman–Crippen MR) is 56.8 cm³/mol. The molecule has 3 heteroatoms. The molecule has 1 heterocycles. The van der Waals surface area contributed by atoms with Crippen LogP contribution in [0.25, 0.3) is 0 Å². The smallest absolute Gasteiger partial charge is 0.153 e. The third-order valence-corrected chi connectivity index (χ3v) is 2.54. The lowest BCUT2D eigenvalue weighted by molar-refractivity contribution is 0.111. The molecule has 2 rings (SSSR count). The Morgan fingerprint density at radius 3 is 2.80 bits per heavy atom. The van der Waals surface area contributed by atoms with Crippen LogP contribution in [-0.2, 0) is 6.42 Å². The van der Waals surface area contributed by atoms with E-state index in [0.29, 0.717) is 11.3 Å². The Hall–Kier alpha value is -1.51. The van der Waals surface area contributed by atoms with Crippen LogP contribution in [0.5, 0.6) is 11.5 Å². The molecular formula is C12H14O3. The van der Waals surface area contributed by atoms with Crippen LogP contribution in [0.2, 0.25) is 0 Å². The van der Waals surface area contributed by atoms with Gasteiger partial charge in [-0.15, -0.1) is 0 Å². The molecule has 1 aromatic carbocycles. The first kappa shape index (κ1) is 10.0. The van der Waals surface area contributed by atoms with E-state index in [1.54, 1.807) is 13.2 Å². The summed E-state index contributed by atoms with van der Waals surface area (Å²) < 4.78 is 10.9. The van der Waals surface area contributed by atoms with Crippen molar-refractivity contribution in [2.24, 2.45) is 0 Å². The number of ether oxygens (including phenoxy) is 2. The molecular weight excluding hydrogens is 192 g/mol. The summed E-state index contributed by atoms with van der Waals surface area (Å²) in [7, 11) is 1.57. The molecule has 0 bridgehead atoms. The van der Waals surface area contributed by atoms with Gasteiger partial charge in [-0.1, -0.05) is 0 Å². The highest BCUT2D eigenvalue weighted by molar-refractivity contribution is 5.81. The average Bonchev–Trinajstić information content (AvgIpc) is 2.48. The quantitative estimate of drug-likeness (QED) is 0.696. The van der Waals surface area contributed by atoms with Crippen LogP contribution in [-0.4, -0.2) is 19.0 Å². The van der Waals surface area contributed by atoms with Crippen molar-refractivity contribution in [3.05, 3.63) is 23.3 Å². The van der Waals surface area contributed by atoms with E-state index < -0.39 is 0 Å². The van der Waals surface area contributed by atoms with Gasteiger partial charge in [0.1, 0.15) is 17.1 Å². The van der Waals surface area contributed by atoms with Crippen LogP contribution in [0.1, 0.15) is 29.8 Å². The van der Waals surface area contributed by atoms with Gasteiger partial charge in [0.25, 0.3) is 0 Å². The maximum Gasteiger partial charge on any atom is 0.153 e. The van der Waals surface area contributed by atoms with Crippen molar-refractivity contribution in [1.82, 2.24) is 0 Å². The van der Waals surface area contributed by atoms with Crippen molar-refractivity contribution < 1.29 is 14.3 Å². The number of carbonyl (C=O) groups excluding carboxylic acids is 1. The Labute approximate surface area is 89.0 Å². The Balaban J connectivity index is 2.48. The first-order valence-electron chi connectivity index (χ1n) is 4.91. The van der Waals surface area contributed by atoms with Gasteiger partial charge in [0.05, 0.1) is 12.7 Å². The highest BCUT2D eigenvalue weighted by Gasteiger charge is 2.31. The predicted octanol–water partition coefficient (Wildman–Crippen LogP) is 2.22. The van der Waals surface area contributed by atoms with Crippen LogP contribution in [0.3, 0.4) is 0 Å². The van der Waals surface area contributed by atoms with Crippen molar-refractivity contribution in [3.63, 3.8) is 0 Å². The third-order valence-electron chi connectivity index (χ3n) is 2.54. The number of rotatable bonds is 2. The molecule has 1 aromatic rings. The minimum atomic E-state index is -0.186. The van der Waals surface area contributed by atoms with E-state index in [4.69, 9.17) is 9.47 Å². The molecule has 15 heavy (non-hydrogen) atoms. The SMILES string of the molecule is COc1cc2c(cc1C=O)OC(C)(C)C2. The highest BCUT2D eigenvalue weighted by atomic mass is 16.5. The van der Waals surface area contributed by atoms with Gasteiger partial charge in [-0.25, -0.2) is 0 Å². The summed E-state index contributed by atoms with van der Waals surface area (Å²) in [4.78, 5) is 10.8. The second-order valence-electron chi connectivity index (χ2n) is 4.36. The molecule has 0 N–H and O–H groups in total. The van der Waals surface area contributed by atoms with Crippen molar-refractivity contribution in [3.8, 4) is 11.5 Å². The lowest BCUT2D eigenvalue weighted by Gasteiger charge is -2.16. The average molecular weight is 206 g/mol. The summed E-state index contributed by atoms with van der Waals surface area (Å²) in [5.41, 5.74) is 1.45. The maximum absolute atomic E-state index is 10.8. The molecule has 0 unspecified atom stereocenters. The molecule has 0 aliphatic carbocycles. The molecule has 1 aliphatic heterocycles. The van der Waals surface area contributed by atoms with E-state index in [0.717, 1.165) is 24.0 Å². The number of fused-ring (bicyclic) bond motifs is 1. The standard InChI is InChI=1S/C12H14O3/c1-12(2)6-8-4-10(14-3)9(7-13)5-11(8)15-12/h4-5,7H,6H2,1-3H3. The third kappa shape index (κ3) is 1.69. The van der Waals surface area contributed by atoms with Gasteiger partial charge in [0.2, 0.25) is 0 Å². The number of benzene rings is 1. The van der Waals surface area contributed by atoms with Gasteiger partial charge in [0, 0.05) is 12.0 Å². The molecule has 80 valence electrons. The summed E-state index contributed by atoms with van der Waals surface area (Å²) >= 11 is 0. The van der Waals surface area contributed by atoms with Gasteiger partial charge >= 0.3 is 0 Å².